The molecule has 0 aromatic heterocycles. The van der Waals surface area contributed by atoms with Crippen molar-refractivity contribution >= 4 is 0 Å². The Morgan fingerprint density at radius 2 is 1.84 bits per heavy atom. The van der Waals surface area contributed by atoms with Gasteiger partial charge < -0.3 is 10.1 Å². The third-order valence-electron chi connectivity index (χ3n) is 3.95. The highest BCUT2D eigenvalue weighted by Crippen LogP contribution is 2.21. The number of nitrogens with one attached hydrogen (secondary N) is 1. The first-order chi connectivity index (χ1) is 8.92. The smallest absolute Gasteiger partial charge is 0.378 e. The molecule has 0 saturated carbocycles. The van der Waals surface area contributed by atoms with E-state index in [0.717, 1.165) is 32.3 Å². The summed E-state index contributed by atoms with van der Waals surface area (Å²) in [6.45, 7) is 3.16. The molecule has 0 spiro atoms. The maximum Gasteiger partial charge on any atom is 0.401 e. The molecule has 2 aliphatic heterocycles. The van der Waals surface area contributed by atoms with Gasteiger partial charge in [-0.1, -0.05) is 0 Å². The van der Waals surface area contributed by atoms with Crippen LogP contribution in [-0.4, -0.2) is 55.5 Å². The van der Waals surface area contributed by atoms with Crippen molar-refractivity contribution in [2.75, 3.05) is 26.2 Å². The Hall–Kier alpha value is -0.330. The van der Waals surface area contributed by atoms with Crippen molar-refractivity contribution in [1.82, 2.24) is 10.2 Å². The molecular formula is C13H23F3N2O. The summed E-state index contributed by atoms with van der Waals surface area (Å²) >= 11 is 0. The van der Waals surface area contributed by atoms with Crippen molar-refractivity contribution in [3.05, 3.63) is 0 Å². The highest BCUT2D eigenvalue weighted by molar-refractivity contribution is 4.83. The first-order valence-electron chi connectivity index (χ1n) is 7.09. The van der Waals surface area contributed by atoms with Crippen LogP contribution in [0, 0.1) is 0 Å². The number of halogens is 3. The molecule has 112 valence electrons. The number of hydrogen-bond donors (Lipinski definition) is 1. The van der Waals surface area contributed by atoms with Crippen LogP contribution in [-0.2, 0) is 4.74 Å². The Kier molecular flexibility index (Phi) is 5.09. The molecule has 1 N–H and O–H groups in total. The molecule has 2 rings (SSSR count). The average Bonchev–Trinajstić information content (AvgIpc) is 2.30. The predicted molar refractivity (Wildman–Crippen MR) is 67.1 cm³/mol. The lowest BCUT2D eigenvalue weighted by Crippen LogP contribution is -2.49. The van der Waals surface area contributed by atoms with E-state index in [4.69, 9.17) is 4.74 Å². The second kappa shape index (κ2) is 6.41. The van der Waals surface area contributed by atoms with E-state index < -0.39 is 12.7 Å². The standard InChI is InChI=1S/C13H23F3N2O/c1-10-8-12(4-7-19-10)17-11-2-5-18(6-3-11)9-13(14,15)16/h10-12,17H,2-9H2,1H3. The molecule has 2 aliphatic rings. The lowest BCUT2D eigenvalue weighted by Gasteiger charge is -2.36. The topological polar surface area (TPSA) is 24.5 Å². The Labute approximate surface area is 112 Å². The first kappa shape index (κ1) is 15.1. The minimum atomic E-state index is -4.07. The molecule has 0 aliphatic carbocycles. The molecule has 3 nitrogen and oxygen atoms in total. The number of likely N-dealkylation sites (tertiary alicyclic amines) is 1. The summed E-state index contributed by atoms with van der Waals surface area (Å²) in [4.78, 5) is 1.50. The third-order valence-corrected chi connectivity index (χ3v) is 3.95. The summed E-state index contributed by atoms with van der Waals surface area (Å²) < 4.78 is 42.3. The van der Waals surface area contributed by atoms with Gasteiger partial charge in [-0.25, -0.2) is 0 Å². The summed E-state index contributed by atoms with van der Waals surface area (Å²) in [5, 5.41) is 3.58. The molecule has 2 unspecified atom stereocenters. The molecule has 0 radical (unpaired) electrons. The van der Waals surface area contributed by atoms with E-state index in [9.17, 15) is 13.2 Å². The SMILES string of the molecule is CC1CC(NC2CCN(CC(F)(F)F)CC2)CCO1. The minimum Gasteiger partial charge on any atom is -0.378 e. The van der Waals surface area contributed by atoms with Crippen LogP contribution in [0.25, 0.3) is 0 Å². The summed E-state index contributed by atoms with van der Waals surface area (Å²) in [5.74, 6) is 0. The van der Waals surface area contributed by atoms with Gasteiger partial charge in [0.1, 0.15) is 0 Å². The Morgan fingerprint density at radius 1 is 1.16 bits per heavy atom. The van der Waals surface area contributed by atoms with Crippen molar-refractivity contribution in [2.45, 2.75) is 57.0 Å². The molecule has 2 heterocycles. The van der Waals surface area contributed by atoms with Gasteiger partial charge in [0.2, 0.25) is 0 Å². The zero-order valence-electron chi connectivity index (χ0n) is 11.4. The van der Waals surface area contributed by atoms with Gasteiger partial charge in [0.05, 0.1) is 12.6 Å². The molecule has 6 heteroatoms. The van der Waals surface area contributed by atoms with Crippen LogP contribution >= 0.6 is 0 Å². The van der Waals surface area contributed by atoms with Crippen molar-refractivity contribution in [2.24, 2.45) is 0 Å². The van der Waals surface area contributed by atoms with E-state index >= 15 is 0 Å². The second-order valence-electron chi connectivity index (χ2n) is 5.73. The minimum absolute atomic E-state index is 0.288. The summed E-state index contributed by atoms with van der Waals surface area (Å²) in [6, 6.07) is 0.822. The van der Waals surface area contributed by atoms with Gasteiger partial charge in [-0.15, -0.1) is 0 Å². The zero-order valence-corrected chi connectivity index (χ0v) is 11.4. The highest BCUT2D eigenvalue weighted by atomic mass is 19.4. The fourth-order valence-corrected chi connectivity index (χ4v) is 2.99. The number of rotatable bonds is 3. The van der Waals surface area contributed by atoms with Crippen LogP contribution < -0.4 is 5.32 Å². The zero-order chi connectivity index (χ0) is 13.9. The van der Waals surface area contributed by atoms with Crippen LogP contribution in [0.5, 0.6) is 0 Å². The summed E-state index contributed by atoms with van der Waals surface area (Å²) in [6.07, 6.45) is -0.160. The highest BCUT2D eigenvalue weighted by Gasteiger charge is 2.33. The number of ether oxygens (including phenoxy) is 1. The van der Waals surface area contributed by atoms with Crippen molar-refractivity contribution in [3.63, 3.8) is 0 Å². The van der Waals surface area contributed by atoms with E-state index in [1.165, 1.54) is 4.90 Å². The summed E-state index contributed by atoms with van der Waals surface area (Å²) in [7, 11) is 0. The molecule has 0 amide bonds. The Bertz CT molecular complexity index is 278. The van der Waals surface area contributed by atoms with Crippen LogP contribution in [0.2, 0.25) is 0 Å². The average molecular weight is 280 g/mol. The fourth-order valence-electron chi connectivity index (χ4n) is 2.99. The van der Waals surface area contributed by atoms with Gasteiger partial charge >= 0.3 is 6.18 Å². The first-order valence-corrected chi connectivity index (χ1v) is 7.09. The van der Waals surface area contributed by atoms with Crippen LogP contribution in [0.4, 0.5) is 13.2 Å². The normalized spacial score (nSPS) is 31.6. The monoisotopic (exact) mass is 280 g/mol. The molecule has 0 aromatic carbocycles. The van der Waals surface area contributed by atoms with Crippen molar-refractivity contribution in [1.29, 1.82) is 0 Å². The van der Waals surface area contributed by atoms with E-state index in [0.29, 0.717) is 25.2 Å². The van der Waals surface area contributed by atoms with Crippen LogP contribution in [0.1, 0.15) is 32.6 Å². The summed E-state index contributed by atoms with van der Waals surface area (Å²) in [5.41, 5.74) is 0. The van der Waals surface area contributed by atoms with E-state index in [-0.39, 0.29) is 6.10 Å². The molecule has 2 saturated heterocycles. The Balaban J connectivity index is 1.68. The van der Waals surface area contributed by atoms with E-state index in [1.54, 1.807) is 0 Å². The van der Waals surface area contributed by atoms with Gasteiger partial charge in [0.25, 0.3) is 0 Å². The molecule has 2 fully saturated rings. The molecule has 2 atom stereocenters. The lowest BCUT2D eigenvalue weighted by molar-refractivity contribution is -0.148. The molecule has 19 heavy (non-hydrogen) atoms. The van der Waals surface area contributed by atoms with Gasteiger partial charge in [-0.2, -0.15) is 13.2 Å². The lowest BCUT2D eigenvalue weighted by atomic mass is 9.99. The van der Waals surface area contributed by atoms with Crippen LogP contribution in [0.3, 0.4) is 0 Å². The fraction of sp³-hybridized carbons (Fsp3) is 1.00. The van der Waals surface area contributed by atoms with Crippen LogP contribution in [0.15, 0.2) is 0 Å². The maximum atomic E-state index is 12.3. The third kappa shape index (κ3) is 5.28. The van der Waals surface area contributed by atoms with E-state index in [1.807, 2.05) is 0 Å². The van der Waals surface area contributed by atoms with Crippen molar-refractivity contribution in [3.8, 4) is 0 Å². The number of piperidine rings is 1. The number of nitrogens with zero attached hydrogens (tertiary/aromatic N) is 1. The van der Waals surface area contributed by atoms with Gasteiger partial charge in [-0.05, 0) is 45.7 Å². The van der Waals surface area contributed by atoms with Crippen molar-refractivity contribution < 1.29 is 17.9 Å². The number of alkyl halides is 3. The maximum absolute atomic E-state index is 12.3. The quantitative estimate of drug-likeness (QED) is 0.857. The number of hydrogen-bond acceptors (Lipinski definition) is 3. The van der Waals surface area contributed by atoms with Gasteiger partial charge in [0, 0.05) is 18.7 Å². The second-order valence-corrected chi connectivity index (χ2v) is 5.73. The van der Waals surface area contributed by atoms with E-state index in [2.05, 4.69) is 12.2 Å². The molecular weight excluding hydrogens is 257 g/mol. The molecule has 0 aromatic rings. The van der Waals surface area contributed by atoms with Gasteiger partial charge in [-0.3, -0.25) is 4.90 Å². The largest absolute Gasteiger partial charge is 0.401 e. The Morgan fingerprint density at radius 3 is 2.42 bits per heavy atom. The molecule has 0 bridgehead atoms. The predicted octanol–water partition coefficient (Wildman–Crippen LogP) is 2.17. The van der Waals surface area contributed by atoms with Gasteiger partial charge in [0.15, 0.2) is 0 Å².